The van der Waals surface area contributed by atoms with E-state index in [4.69, 9.17) is 4.74 Å². The van der Waals surface area contributed by atoms with Crippen molar-refractivity contribution in [2.24, 2.45) is 0 Å². The Morgan fingerprint density at radius 1 is 1.39 bits per heavy atom. The first-order chi connectivity index (χ1) is 8.43. The Hall–Kier alpha value is -1.73. The molecule has 1 amide bonds. The molecule has 1 aromatic rings. The molecular formula is C12H14NO5+. The van der Waals surface area contributed by atoms with E-state index in [-0.39, 0.29) is 12.3 Å². The maximum atomic E-state index is 11.8. The van der Waals surface area contributed by atoms with Gasteiger partial charge in [0, 0.05) is 22.4 Å². The zero-order valence-corrected chi connectivity index (χ0v) is 9.78. The fraction of sp³-hybridized carbons (Fsp3) is 0.250. The molecule has 1 aromatic carbocycles. The SMILES string of the molecule is CCOC(=O)[N+]1(O)c2ccccc2C=CC1(O)O. The lowest BCUT2D eigenvalue weighted by Crippen LogP contribution is -2.67. The summed E-state index contributed by atoms with van der Waals surface area (Å²) in [5.41, 5.74) is 0.551. The molecule has 6 heteroatoms. The summed E-state index contributed by atoms with van der Waals surface area (Å²) < 4.78 is 2.96. The summed E-state index contributed by atoms with van der Waals surface area (Å²) in [5, 5.41) is 30.0. The molecule has 1 aliphatic rings. The molecule has 0 fully saturated rings. The molecule has 18 heavy (non-hydrogen) atoms. The number of nitrogens with zero attached hydrogens (tertiary/aromatic N) is 1. The van der Waals surface area contributed by atoms with Gasteiger partial charge in [0.05, 0.1) is 6.61 Å². The molecule has 0 spiro atoms. The van der Waals surface area contributed by atoms with Gasteiger partial charge in [-0.2, -0.15) is 10.0 Å². The average Bonchev–Trinajstić information content (AvgIpc) is 2.35. The van der Waals surface area contributed by atoms with Crippen molar-refractivity contribution in [2.75, 3.05) is 6.61 Å². The first-order valence-electron chi connectivity index (χ1n) is 5.46. The average molecular weight is 252 g/mol. The Bertz CT molecular complexity index is 511. The van der Waals surface area contributed by atoms with E-state index in [1.165, 1.54) is 12.1 Å². The van der Waals surface area contributed by atoms with Gasteiger partial charge in [-0.1, -0.05) is 12.1 Å². The summed E-state index contributed by atoms with van der Waals surface area (Å²) in [7, 11) is 0. The van der Waals surface area contributed by atoms with Crippen molar-refractivity contribution >= 4 is 17.9 Å². The number of para-hydroxylation sites is 1. The highest BCUT2D eigenvalue weighted by atomic mass is 16.7. The number of carbonyl (C=O) groups is 1. The highest BCUT2D eigenvalue weighted by molar-refractivity contribution is 5.86. The van der Waals surface area contributed by atoms with Crippen LogP contribution in [0.5, 0.6) is 0 Å². The second kappa shape index (κ2) is 4.18. The zero-order chi connectivity index (χ0) is 13.4. The van der Waals surface area contributed by atoms with E-state index in [9.17, 15) is 20.2 Å². The normalized spacial score (nSPS) is 24.4. The molecule has 0 saturated heterocycles. The van der Waals surface area contributed by atoms with Crippen LogP contribution in [-0.4, -0.2) is 34.0 Å². The van der Waals surface area contributed by atoms with Gasteiger partial charge in [-0.3, -0.25) is 0 Å². The van der Waals surface area contributed by atoms with Gasteiger partial charge in [-0.25, -0.2) is 0 Å². The fourth-order valence-electron chi connectivity index (χ4n) is 1.86. The largest absolute Gasteiger partial charge is 0.560 e. The number of hydroxylamine groups is 2. The molecule has 0 bridgehead atoms. The number of fused-ring (bicyclic) bond motifs is 1. The van der Waals surface area contributed by atoms with E-state index in [1.54, 1.807) is 25.1 Å². The van der Waals surface area contributed by atoms with E-state index in [0.717, 1.165) is 6.08 Å². The first kappa shape index (κ1) is 12.7. The summed E-state index contributed by atoms with van der Waals surface area (Å²) in [6.45, 7) is 1.58. The number of hydrogen-bond acceptors (Lipinski definition) is 5. The van der Waals surface area contributed by atoms with Gasteiger partial charge in [0.2, 0.25) is 0 Å². The van der Waals surface area contributed by atoms with Gasteiger partial charge < -0.3 is 14.9 Å². The molecule has 1 atom stereocenters. The summed E-state index contributed by atoms with van der Waals surface area (Å²) >= 11 is 0. The van der Waals surface area contributed by atoms with Crippen LogP contribution in [-0.2, 0) is 4.74 Å². The van der Waals surface area contributed by atoms with Gasteiger partial charge in [0.15, 0.2) is 5.69 Å². The molecule has 0 saturated carbocycles. The third kappa shape index (κ3) is 1.63. The maximum Gasteiger partial charge on any atom is 0.560 e. The Balaban J connectivity index is 2.61. The van der Waals surface area contributed by atoms with Crippen LogP contribution in [0.25, 0.3) is 6.08 Å². The van der Waals surface area contributed by atoms with E-state index >= 15 is 0 Å². The monoisotopic (exact) mass is 252 g/mol. The third-order valence-corrected chi connectivity index (χ3v) is 2.78. The van der Waals surface area contributed by atoms with Crippen molar-refractivity contribution in [3.63, 3.8) is 0 Å². The highest BCUT2D eigenvalue weighted by Gasteiger charge is 2.60. The zero-order valence-electron chi connectivity index (χ0n) is 9.78. The van der Waals surface area contributed by atoms with Crippen LogP contribution in [0.15, 0.2) is 30.3 Å². The number of amides is 1. The van der Waals surface area contributed by atoms with Crippen molar-refractivity contribution in [1.29, 1.82) is 0 Å². The molecule has 0 radical (unpaired) electrons. The van der Waals surface area contributed by atoms with Crippen LogP contribution in [0.2, 0.25) is 0 Å². The number of rotatable bonds is 1. The quantitative estimate of drug-likeness (QED) is 0.397. The Kier molecular flexibility index (Phi) is 2.95. The summed E-state index contributed by atoms with van der Waals surface area (Å²) in [6, 6.07) is 6.36. The van der Waals surface area contributed by atoms with Crippen LogP contribution >= 0.6 is 0 Å². The van der Waals surface area contributed by atoms with Crippen LogP contribution < -0.4 is 4.65 Å². The van der Waals surface area contributed by atoms with Crippen molar-refractivity contribution in [2.45, 2.75) is 12.8 Å². The fourth-order valence-corrected chi connectivity index (χ4v) is 1.86. The molecule has 1 aliphatic heterocycles. The Labute approximate surface area is 104 Å². The summed E-state index contributed by atoms with van der Waals surface area (Å²) in [5.74, 6) is -2.76. The van der Waals surface area contributed by atoms with Crippen LogP contribution in [0.3, 0.4) is 0 Å². The highest BCUT2D eigenvalue weighted by Crippen LogP contribution is 2.38. The third-order valence-electron chi connectivity index (χ3n) is 2.78. The topological polar surface area (TPSA) is 87.0 Å². The minimum absolute atomic E-state index is 0.0152. The van der Waals surface area contributed by atoms with E-state index in [0.29, 0.717) is 5.56 Å². The minimum atomic E-state index is -2.76. The second-order valence-corrected chi connectivity index (χ2v) is 3.91. The van der Waals surface area contributed by atoms with E-state index < -0.39 is 16.7 Å². The van der Waals surface area contributed by atoms with Gasteiger partial charge in [0.1, 0.15) is 0 Å². The van der Waals surface area contributed by atoms with E-state index in [2.05, 4.69) is 0 Å². The number of carbonyl (C=O) groups excluding carboxylic acids is 1. The van der Waals surface area contributed by atoms with Gasteiger partial charge in [-0.15, -0.1) is 0 Å². The lowest BCUT2D eigenvalue weighted by molar-refractivity contribution is -0.301. The number of quaternary nitrogens is 1. The maximum absolute atomic E-state index is 11.8. The lowest BCUT2D eigenvalue weighted by atomic mass is 10.1. The van der Waals surface area contributed by atoms with Crippen LogP contribution in [0.4, 0.5) is 10.5 Å². The number of ether oxygens (including phenoxy) is 1. The Morgan fingerprint density at radius 3 is 2.72 bits per heavy atom. The molecular weight excluding hydrogens is 238 g/mol. The molecule has 0 aromatic heterocycles. The van der Waals surface area contributed by atoms with E-state index in [1.807, 2.05) is 0 Å². The minimum Gasteiger partial charge on any atom is -0.418 e. The van der Waals surface area contributed by atoms with Gasteiger partial charge >= 0.3 is 12.0 Å². The Morgan fingerprint density at radius 2 is 2.06 bits per heavy atom. The smallest absolute Gasteiger partial charge is 0.418 e. The summed E-state index contributed by atoms with van der Waals surface area (Å²) in [4.78, 5) is 11.8. The number of hydrogen-bond donors (Lipinski definition) is 3. The molecule has 6 nitrogen and oxygen atoms in total. The molecule has 1 unspecified atom stereocenters. The predicted molar refractivity (Wildman–Crippen MR) is 63.2 cm³/mol. The van der Waals surface area contributed by atoms with Crippen LogP contribution in [0, 0.1) is 0 Å². The second-order valence-electron chi connectivity index (χ2n) is 3.91. The molecule has 2 rings (SSSR count). The summed E-state index contributed by atoms with van der Waals surface area (Å²) in [6.07, 6.45) is 1.20. The lowest BCUT2D eigenvalue weighted by Gasteiger charge is -2.36. The van der Waals surface area contributed by atoms with Gasteiger partial charge in [-0.05, 0) is 19.1 Å². The molecule has 3 N–H and O–H groups in total. The standard InChI is InChI=1S/C12H14NO5/c1-2-18-11(14)13(17)10-6-4-3-5-9(10)7-8-12(13,15)16/h3-8,15-17H,2H2,1H3/q+1. The predicted octanol–water partition coefficient (Wildman–Crippen LogP) is 1.20. The first-order valence-corrected chi connectivity index (χ1v) is 5.46. The molecule has 1 heterocycles. The van der Waals surface area contributed by atoms with Crippen molar-refractivity contribution < 1.29 is 25.0 Å². The number of benzene rings is 1. The molecule has 96 valence electrons. The van der Waals surface area contributed by atoms with Crippen molar-refractivity contribution in [3.05, 3.63) is 35.9 Å². The van der Waals surface area contributed by atoms with Crippen molar-refractivity contribution in [1.82, 2.24) is 4.65 Å². The number of aliphatic hydroxyl groups is 2. The van der Waals surface area contributed by atoms with Crippen molar-refractivity contribution in [3.8, 4) is 0 Å². The van der Waals surface area contributed by atoms with Gasteiger partial charge in [0.25, 0.3) is 0 Å². The molecule has 0 aliphatic carbocycles. The van der Waals surface area contributed by atoms with Crippen LogP contribution in [0.1, 0.15) is 12.5 Å².